The van der Waals surface area contributed by atoms with Crippen molar-refractivity contribution < 1.29 is 38.6 Å². The molecule has 2 heterocycles. The summed E-state index contributed by atoms with van der Waals surface area (Å²) < 4.78 is 14.2. The number of carbonyl (C=O) groups is 2. The summed E-state index contributed by atoms with van der Waals surface area (Å²) in [6.07, 6.45) is 0.678. The highest BCUT2D eigenvalue weighted by Gasteiger charge is 2.21. The van der Waals surface area contributed by atoms with Crippen LogP contribution in [0.25, 0.3) is 0 Å². The van der Waals surface area contributed by atoms with E-state index < -0.39 is 17.0 Å². The lowest BCUT2D eigenvalue weighted by atomic mass is 10.1. The Kier molecular flexibility index (Phi) is 7.33. The van der Waals surface area contributed by atoms with Gasteiger partial charge in [0.15, 0.2) is 5.76 Å². The third kappa shape index (κ3) is 5.70. The van der Waals surface area contributed by atoms with Crippen LogP contribution in [-0.4, -0.2) is 58.2 Å². The number of aromatic hydroxyl groups is 2. The molecule has 12 nitrogen and oxygen atoms in total. The number of ether oxygens (including phenoxy) is 2. The largest absolute Gasteiger partial charge is 0.508 e. The van der Waals surface area contributed by atoms with Crippen molar-refractivity contribution in [3.8, 4) is 11.5 Å². The number of hydrazone groups is 1. The number of hydrogen-bond acceptors (Lipinski definition) is 10. The SMILES string of the molecule is CCOC(=O)c1c(C)cc(O)cc1O.O=C1OCCN1N=Cc1ccc([N+](=O)[O-])o1. The van der Waals surface area contributed by atoms with Crippen LogP contribution >= 0.6 is 0 Å². The molecule has 3 rings (SSSR count). The minimum absolute atomic E-state index is 0.0759. The number of cyclic esters (lactones) is 1. The van der Waals surface area contributed by atoms with Gasteiger partial charge in [0.1, 0.15) is 28.6 Å². The van der Waals surface area contributed by atoms with Gasteiger partial charge in [-0.05, 0) is 31.5 Å². The second kappa shape index (κ2) is 9.91. The molecule has 1 saturated heterocycles. The Morgan fingerprint density at radius 1 is 1.40 bits per heavy atom. The fourth-order valence-electron chi connectivity index (χ4n) is 2.35. The number of phenolic OH excluding ortho intramolecular Hbond substituents is 2. The van der Waals surface area contributed by atoms with Crippen LogP contribution in [0.15, 0.2) is 33.8 Å². The summed E-state index contributed by atoms with van der Waals surface area (Å²) in [5.41, 5.74) is 0.589. The van der Waals surface area contributed by atoms with Gasteiger partial charge in [0.25, 0.3) is 0 Å². The molecule has 0 spiro atoms. The molecule has 0 bridgehead atoms. The number of rotatable bonds is 5. The number of phenols is 2. The average Bonchev–Trinajstić information content (AvgIpc) is 3.29. The van der Waals surface area contributed by atoms with Crippen molar-refractivity contribution in [3.63, 3.8) is 0 Å². The number of furan rings is 1. The van der Waals surface area contributed by atoms with Crippen LogP contribution < -0.4 is 0 Å². The first-order chi connectivity index (χ1) is 14.2. The molecule has 0 aliphatic carbocycles. The van der Waals surface area contributed by atoms with E-state index in [1.165, 1.54) is 24.4 Å². The van der Waals surface area contributed by atoms with E-state index in [9.17, 15) is 24.8 Å². The number of esters is 1. The summed E-state index contributed by atoms with van der Waals surface area (Å²) in [6, 6.07) is 5.11. The number of nitro groups is 1. The molecule has 1 fully saturated rings. The molecule has 160 valence electrons. The smallest absolute Gasteiger partial charge is 0.433 e. The quantitative estimate of drug-likeness (QED) is 0.319. The maximum Gasteiger partial charge on any atom is 0.433 e. The van der Waals surface area contributed by atoms with Crippen LogP contribution in [0.1, 0.15) is 28.6 Å². The molecule has 1 aliphatic rings. The topological polar surface area (TPSA) is 165 Å². The van der Waals surface area contributed by atoms with Gasteiger partial charge in [0.2, 0.25) is 0 Å². The molecule has 12 heteroatoms. The summed E-state index contributed by atoms with van der Waals surface area (Å²) in [5.74, 6) is -1.09. The normalized spacial score (nSPS) is 13.0. The second-order valence-corrected chi connectivity index (χ2v) is 5.79. The third-order valence-electron chi connectivity index (χ3n) is 3.64. The van der Waals surface area contributed by atoms with Crippen LogP contribution in [0.3, 0.4) is 0 Å². The van der Waals surface area contributed by atoms with E-state index in [1.807, 2.05) is 0 Å². The molecule has 2 N–H and O–H groups in total. The second-order valence-electron chi connectivity index (χ2n) is 5.79. The molecular weight excluding hydrogens is 402 g/mol. The molecule has 1 aromatic carbocycles. The average molecular weight is 421 g/mol. The molecule has 1 aromatic heterocycles. The van der Waals surface area contributed by atoms with Crippen molar-refractivity contribution in [1.29, 1.82) is 0 Å². The Balaban J connectivity index is 0.000000216. The highest BCUT2D eigenvalue weighted by molar-refractivity contribution is 5.94. The van der Waals surface area contributed by atoms with E-state index in [0.717, 1.165) is 11.1 Å². The van der Waals surface area contributed by atoms with Crippen molar-refractivity contribution in [3.05, 3.63) is 51.3 Å². The fourth-order valence-corrected chi connectivity index (χ4v) is 2.35. The van der Waals surface area contributed by atoms with Crippen LogP contribution in [0.4, 0.5) is 10.7 Å². The van der Waals surface area contributed by atoms with Crippen LogP contribution in [-0.2, 0) is 9.47 Å². The van der Waals surface area contributed by atoms with Crippen LogP contribution in [0.5, 0.6) is 11.5 Å². The van der Waals surface area contributed by atoms with E-state index >= 15 is 0 Å². The maximum atomic E-state index is 11.3. The van der Waals surface area contributed by atoms with Gasteiger partial charge in [-0.2, -0.15) is 10.1 Å². The maximum absolute atomic E-state index is 11.3. The van der Waals surface area contributed by atoms with Gasteiger partial charge < -0.3 is 24.1 Å². The Hall–Kier alpha value is -4.09. The molecule has 0 unspecified atom stereocenters. The first-order valence-corrected chi connectivity index (χ1v) is 8.65. The predicted molar refractivity (Wildman–Crippen MR) is 101 cm³/mol. The Bertz CT molecular complexity index is 945. The van der Waals surface area contributed by atoms with Gasteiger partial charge in [-0.25, -0.2) is 9.59 Å². The number of aryl methyl sites for hydroxylation is 1. The van der Waals surface area contributed by atoms with Gasteiger partial charge >= 0.3 is 17.9 Å². The Morgan fingerprint density at radius 3 is 2.67 bits per heavy atom. The van der Waals surface area contributed by atoms with E-state index in [-0.39, 0.29) is 41.9 Å². The van der Waals surface area contributed by atoms with Crippen molar-refractivity contribution in [2.45, 2.75) is 13.8 Å². The van der Waals surface area contributed by atoms with Gasteiger partial charge in [0, 0.05) is 6.07 Å². The molecule has 0 saturated carbocycles. The molecular formula is C18H19N3O9. The van der Waals surface area contributed by atoms with Gasteiger partial charge in [-0.1, -0.05) is 0 Å². The van der Waals surface area contributed by atoms with E-state index in [0.29, 0.717) is 12.1 Å². The number of hydrogen-bond donors (Lipinski definition) is 2. The van der Waals surface area contributed by atoms with Crippen molar-refractivity contribution in [2.24, 2.45) is 5.10 Å². The molecule has 30 heavy (non-hydrogen) atoms. The first-order valence-electron chi connectivity index (χ1n) is 8.65. The summed E-state index contributed by atoms with van der Waals surface area (Å²) in [7, 11) is 0. The summed E-state index contributed by atoms with van der Waals surface area (Å²) in [6.45, 7) is 4.20. The molecule has 0 atom stereocenters. The molecule has 0 radical (unpaired) electrons. The predicted octanol–water partition coefficient (Wildman–Crippen LogP) is 2.56. The summed E-state index contributed by atoms with van der Waals surface area (Å²) in [5, 5.41) is 33.7. The lowest BCUT2D eigenvalue weighted by molar-refractivity contribution is -0.402. The lowest BCUT2D eigenvalue weighted by Gasteiger charge is -2.07. The van der Waals surface area contributed by atoms with Crippen LogP contribution in [0.2, 0.25) is 0 Å². The minimum atomic E-state index is -0.651. The Labute approximate surface area is 170 Å². The van der Waals surface area contributed by atoms with E-state index in [1.54, 1.807) is 13.8 Å². The van der Waals surface area contributed by atoms with Crippen molar-refractivity contribution >= 4 is 24.2 Å². The zero-order chi connectivity index (χ0) is 22.3. The number of nitrogens with zero attached hydrogens (tertiary/aromatic N) is 3. The third-order valence-corrected chi connectivity index (χ3v) is 3.64. The first kappa shape index (κ1) is 22.2. The van der Waals surface area contributed by atoms with Gasteiger partial charge in [-0.15, -0.1) is 0 Å². The number of benzene rings is 1. The standard InChI is InChI=1S/C10H12O4.C8H7N3O5/c1-3-14-10(13)9-6(2)4-7(11)5-8(9)12;12-8-10(3-4-15-8)9-5-6-1-2-7(16-6)11(13)14/h4-5,11-12H,3H2,1-2H3;1-2,5H,3-4H2. The van der Waals surface area contributed by atoms with Gasteiger partial charge in [-0.3, -0.25) is 10.1 Å². The minimum Gasteiger partial charge on any atom is -0.508 e. The van der Waals surface area contributed by atoms with Crippen LogP contribution in [0, 0.1) is 17.0 Å². The number of carbonyl (C=O) groups excluding carboxylic acids is 2. The lowest BCUT2D eigenvalue weighted by Crippen LogP contribution is -2.17. The molecule has 1 amide bonds. The van der Waals surface area contributed by atoms with Crippen molar-refractivity contribution in [1.82, 2.24) is 5.01 Å². The zero-order valence-electron chi connectivity index (χ0n) is 16.1. The molecule has 2 aromatic rings. The van der Waals surface area contributed by atoms with E-state index in [4.69, 9.17) is 14.3 Å². The Morgan fingerprint density at radius 2 is 2.13 bits per heavy atom. The van der Waals surface area contributed by atoms with Crippen molar-refractivity contribution in [2.75, 3.05) is 19.8 Å². The number of amides is 1. The van der Waals surface area contributed by atoms with E-state index in [2.05, 4.69) is 9.84 Å². The van der Waals surface area contributed by atoms with Gasteiger partial charge in [0.05, 0.1) is 25.4 Å². The molecule has 1 aliphatic heterocycles. The highest BCUT2D eigenvalue weighted by atomic mass is 16.6. The fraction of sp³-hybridized carbons (Fsp3) is 0.278. The summed E-state index contributed by atoms with van der Waals surface area (Å²) >= 11 is 0. The summed E-state index contributed by atoms with van der Waals surface area (Å²) in [4.78, 5) is 32.0. The highest BCUT2D eigenvalue weighted by Crippen LogP contribution is 2.27. The monoisotopic (exact) mass is 421 g/mol. The zero-order valence-corrected chi connectivity index (χ0v) is 16.1.